The second-order valence-corrected chi connectivity index (χ2v) is 41.8. The van der Waals surface area contributed by atoms with Gasteiger partial charge in [0.15, 0.2) is 0 Å². The van der Waals surface area contributed by atoms with Crippen LogP contribution in [0, 0.1) is 62.0 Å². The molecule has 0 aliphatic heterocycles. The summed E-state index contributed by atoms with van der Waals surface area (Å²) in [5, 5.41) is 0. The van der Waals surface area contributed by atoms with E-state index < -0.39 is 0 Å². The summed E-state index contributed by atoms with van der Waals surface area (Å²) in [6.07, 6.45) is 0. The van der Waals surface area contributed by atoms with Crippen molar-refractivity contribution in [1.82, 2.24) is 0 Å². The van der Waals surface area contributed by atoms with Crippen molar-refractivity contribution in [3.05, 3.63) is 485 Å². The van der Waals surface area contributed by atoms with Gasteiger partial charge < -0.3 is 4.85 Å². The van der Waals surface area contributed by atoms with Crippen molar-refractivity contribution in [3.63, 3.8) is 0 Å². The average molecular weight is 1950 g/mol. The van der Waals surface area contributed by atoms with Crippen LogP contribution in [0.2, 0.25) is 0 Å². The summed E-state index contributed by atoms with van der Waals surface area (Å²) in [6.45, 7) is 60.4. The molecule has 0 amide bonds. The number of hydrogen-bond acceptors (Lipinski definition) is 0. The summed E-state index contributed by atoms with van der Waals surface area (Å²) in [7, 11) is 4.92. The highest BCUT2D eigenvalue weighted by Crippen LogP contribution is 2.57. The molecule has 0 spiro atoms. The molecule has 754 valence electrons. The SMILES string of the molecule is CF.CF.CF.CF.CF.CF.CF.Cc1ccc2c(c1)-c1ccccc1C2(C)C.Cc1ccc2c(c1)-c1ccccc1C2(C)C.Cc1ccc2c(c1)C(C)(C)c1ccccc1-2.Cc1ccc2c(c1)C(C)(C)c1ccccc1-2.Cc1cccc2c1-c1ccccc1C2(C)C.Cc1cccc2c1-c1ccccc1C2(C)C.Cc1cccc2c1C(C)(C)c1ccccc1-2.Cc1cccc2c1C(C)(C)c1ccccc1-2.[C-]#[N+]C. The van der Waals surface area contributed by atoms with E-state index >= 15 is 0 Å². The molecule has 8 heteroatoms. The van der Waals surface area contributed by atoms with E-state index in [0.29, 0.717) is 50.2 Å². The molecule has 16 aromatic carbocycles. The van der Waals surface area contributed by atoms with Gasteiger partial charge in [-0.3, -0.25) is 30.7 Å². The van der Waals surface area contributed by atoms with Gasteiger partial charge in [0.1, 0.15) is 0 Å². The Kier molecular flexibility index (Phi) is 38.8. The monoisotopic (exact) mass is 1940 g/mol. The van der Waals surface area contributed by atoms with Crippen LogP contribution in [0.15, 0.2) is 340 Å². The fraction of sp³-hybridized carbons (Fsp3) is 0.292. The maximum Gasteiger partial charge on any atom is 0.205 e. The van der Waals surface area contributed by atoms with E-state index in [2.05, 4.69) is 511 Å². The predicted octanol–water partition coefficient (Wildman–Crippen LogP) is 39.0. The summed E-state index contributed by atoms with van der Waals surface area (Å²) in [6, 6.07) is 124. The Hall–Kier alpha value is -13.5. The number of hydrogen-bond donors (Lipinski definition) is 0. The zero-order valence-corrected chi connectivity index (χ0v) is 91.9. The van der Waals surface area contributed by atoms with Crippen molar-refractivity contribution < 1.29 is 30.7 Å². The van der Waals surface area contributed by atoms with Gasteiger partial charge in [-0.1, -0.05) is 473 Å². The summed E-state index contributed by atoms with van der Waals surface area (Å²) in [4.78, 5) is 2.75. The lowest BCUT2D eigenvalue weighted by Gasteiger charge is -2.23. The van der Waals surface area contributed by atoms with Crippen LogP contribution in [0.25, 0.3) is 93.9 Å². The Morgan fingerprint density at radius 2 is 0.324 bits per heavy atom. The third-order valence-corrected chi connectivity index (χ3v) is 30.2. The molecule has 1 nitrogen and oxygen atoms in total. The predicted molar refractivity (Wildman–Crippen MR) is 612 cm³/mol. The minimum atomic E-state index is 0.150. The van der Waals surface area contributed by atoms with Gasteiger partial charge in [0.25, 0.3) is 0 Å². The van der Waals surface area contributed by atoms with E-state index in [1.54, 1.807) is 0 Å². The molecule has 16 aromatic rings. The summed E-state index contributed by atoms with van der Waals surface area (Å²) in [5.74, 6) is 0. The summed E-state index contributed by atoms with van der Waals surface area (Å²) >= 11 is 0. The molecule has 0 unspecified atom stereocenters. The van der Waals surface area contributed by atoms with Gasteiger partial charge in [-0.25, -0.2) is 6.57 Å². The van der Waals surface area contributed by atoms with Crippen LogP contribution in [0.1, 0.15) is 244 Å². The number of rotatable bonds is 0. The second kappa shape index (κ2) is 48.9. The lowest BCUT2D eigenvalue weighted by atomic mass is 9.80. The Morgan fingerprint density at radius 3 is 0.600 bits per heavy atom. The highest BCUT2D eigenvalue weighted by molar-refractivity contribution is 5.89. The Labute approximate surface area is 865 Å². The molecule has 145 heavy (non-hydrogen) atoms. The van der Waals surface area contributed by atoms with Crippen LogP contribution in [-0.4, -0.2) is 57.3 Å². The van der Waals surface area contributed by atoms with Crippen molar-refractivity contribution in [2.75, 3.05) is 57.3 Å². The fourth-order valence-corrected chi connectivity index (χ4v) is 23.4. The number of nitrogens with zero attached hydrogens (tertiary/aromatic N) is 1. The van der Waals surface area contributed by atoms with Crippen LogP contribution >= 0.6 is 0 Å². The minimum Gasteiger partial charge on any atom is -0.320 e. The third-order valence-electron chi connectivity index (χ3n) is 30.2. The van der Waals surface area contributed by atoms with Crippen LogP contribution < -0.4 is 0 Å². The minimum absolute atomic E-state index is 0.150. The number of fused-ring (bicyclic) bond motifs is 24. The molecule has 0 heterocycles. The van der Waals surface area contributed by atoms with E-state index in [-0.39, 0.29) is 43.3 Å². The van der Waals surface area contributed by atoms with Gasteiger partial charge >= 0.3 is 0 Å². The molecular weight excluding hydrogens is 1790 g/mol. The lowest BCUT2D eigenvalue weighted by Crippen LogP contribution is -2.16. The normalized spacial score (nSPS) is 14.2. The first-order valence-corrected chi connectivity index (χ1v) is 49.9. The Balaban J connectivity index is 0.000000180. The smallest absolute Gasteiger partial charge is 0.205 e. The molecular formula is C137H152F7N. The van der Waals surface area contributed by atoms with Crippen LogP contribution in [-0.2, 0) is 43.3 Å². The molecule has 0 saturated heterocycles. The largest absolute Gasteiger partial charge is 0.320 e. The van der Waals surface area contributed by atoms with E-state index in [0.717, 1.165) is 0 Å². The zero-order valence-electron chi connectivity index (χ0n) is 91.9. The van der Waals surface area contributed by atoms with E-state index in [4.69, 9.17) is 6.57 Å². The lowest BCUT2D eigenvalue weighted by molar-refractivity contribution is 0.635. The van der Waals surface area contributed by atoms with Crippen molar-refractivity contribution >= 4 is 0 Å². The molecule has 0 radical (unpaired) electrons. The van der Waals surface area contributed by atoms with Crippen molar-refractivity contribution in [2.24, 2.45) is 0 Å². The topological polar surface area (TPSA) is 4.36 Å². The maximum absolute atomic E-state index is 9.50. The van der Waals surface area contributed by atoms with Crippen LogP contribution in [0.4, 0.5) is 30.7 Å². The number of alkyl halides is 7. The number of benzene rings is 16. The Bertz CT molecular complexity index is 6730. The second-order valence-electron chi connectivity index (χ2n) is 41.8. The first-order valence-electron chi connectivity index (χ1n) is 49.9. The molecule has 0 bridgehead atoms. The standard InChI is InChI=1S/8C16H16.C2H3N.7CH3F/c2*1-11-7-6-9-13-12-8-4-5-10-14(12)16(2,3)15(11)13;2*1-11-7-6-10-14-15(11)12-8-4-5-9-13(12)16(14,2)3;2*1-11-8-9-15-13(10-11)12-6-4-5-7-14(12)16(15,2)3;2*1-11-8-9-13-12-6-4-5-7-14(12)16(2,3)15(13)10-11;1-3-2;7*1-2/h8*4-10H,1-3H3;1H3;7*1H3. The van der Waals surface area contributed by atoms with Crippen LogP contribution in [0.5, 0.6) is 0 Å². The fourth-order valence-electron chi connectivity index (χ4n) is 23.4. The number of halogens is 7. The molecule has 8 aliphatic rings. The quantitative estimate of drug-likeness (QED) is 0.105. The summed E-state index contributed by atoms with van der Waals surface area (Å²) in [5.41, 5.74) is 58.2. The van der Waals surface area contributed by atoms with Crippen molar-refractivity contribution in [2.45, 2.75) is 209 Å². The van der Waals surface area contributed by atoms with Gasteiger partial charge in [-0.2, -0.15) is 0 Å². The van der Waals surface area contributed by atoms with Crippen molar-refractivity contribution in [1.29, 1.82) is 0 Å². The van der Waals surface area contributed by atoms with Crippen molar-refractivity contribution in [3.8, 4) is 89.0 Å². The molecule has 8 aliphatic carbocycles. The highest BCUT2D eigenvalue weighted by Gasteiger charge is 2.43. The molecule has 0 saturated carbocycles. The molecule has 0 N–H and O–H groups in total. The van der Waals surface area contributed by atoms with Crippen LogP contribution in [0.3, 0.4) is 0 Å². The third kappa shape index (κ3) is 22.4. The van der Waals surface area contributed by atoms with E-state index in [9.17, 15) is 30.7 Å². The van der Waals surface area contributed by atoms with Gasteiger partial charge in [-0.15, -0.1) is 0 Å². The van der Waals surface area contributed by atoms with Gasteiger partial charge in [0.05, 0.1) is 50.2 Å². The van der Waals surface area contributed by atoms with Gasteiger partial charge in [0, 0.05) is 43.3 Å². The van der Waals surface area contributed by atoms with Gasteiger partial charge in [0.2, 0.25) is 7.05 Å². The van der Waals surface area contributed by atoms with Gasteiger partial charge in [-0.05, 0) is 256 Å². The first-order chi connectivity index (χ1) is 69.3. The number of aryl methyl sites for hydroxylation is 8. The molecule has 24 rings (SSSR count). The maximum atomic E-state index is 9.50. The highest BCUT2D eigenvalue weighted by atomic mass is 19.1. The first kappa shape index (κ1) is 115. The van der Waals surface area contributed by atoms with E-state index in [1.807, 2.05) is 0 Å². The van der Waals surface area contributed by atoms with E-state index in [1.165, 1.54) is 230 Å². The average Bonchev–Trinajstić information content (AvgIpc) is 1.59. The summed E-state index contributed by atoms with van der Waals surface area (Å²) < 4.78 is 66.5. The molecule has 0 aromatic heterocycles. The molecule has 0 fully saturated rings. The zero-order chi connectivity index (χ0) is 107. The Morgan fingerprint density at radius 1 is 0.159 bits per heavy atom. The molecule has 0 atom stereocenters.